The maximum atomic E-state index is 8.57. The summed E-state index contributed by atoms with van der Waals surface area (Å²) in [5, 5.41) is 10.9. The van der Waals surface area contributed by atoms with Crippen LogP contribution in [-0.4, -0.2) is 18.3 Å². The molecule has 14 heavy (non-hydrogen) atoms. The van der Waals surface area contributed by atoms with Gasteiger partial charge in [-0.3, -0.25) is 0 Å². The number of aliphatic hydroxyl groups is 1. The van der Waals surface area contributed by atoms with Gasteiger partial charge in [-0.2, -0.15) is 0 Å². The molecule has 0 aliphatic rings. The first-order valence-corrected chi connectivity index (χ1v) is 4.90. The normalized spacial score (nSPS) is 9.50. The number of quaternary nitrogens is 1. The highest BCUT2D eigenvalue weighted by Gasteiger charge is 1.93. The number of hydrogen-bond acceptors (Lipinski definition) is 1. The predicted molar refractivity (Wildman–Crippen MR) is 53.3 cm³/mol. The monoisotopic (exact) mass is 215 g/mol. The number of halogens is 1. The van der Waals surface area contributed by atoms with E-state index in [4.69, 9.17) is 5.11 Å². The number of nitrogens with two attached hydrogens (primary N) is 1. The molecule has 2 nitrogen and oxygen atoms in total. The topological polar surface area (TPSA) is 36.8 Å². The fourth-order valence-corrected chi connectivity index (χ4v) is 1.28. The van der Waals surface area contributed by atoms with E-state index in [0.29, 0.717) is 6.61 Å². The first-order valence-electron chi connectivity index (χ1n) is 4.90. The molecule has 80 valence electrons. The lowest BCUT2D eigenvalue weighted by Crippen LogP contribution is -3.00. The van der Waals surface area contributed by atoms with E-state index in [1.165, 1.54) is 5.56 Å². The van der Waals surface area contributed by atoms with Gasteiger partial charge in [-0.1, -0.05) is 30.3 Å². The van der Waals surface area contributed by atoms with E-state index in [2.05, 4.69) is 29.6 Å². The minimum Gasteiger partial charge on any atom is -1.00 e. The zero-order valence-electron chi connectivity index (χ0n) is 8.32. The van der Waals surface area contributed by atoms with Crippen LogP contribution in [0.2, 0.25) is 0 Å². The molecule has 0 bridgehead atoms. The summed E-state index contributed by atoms with van der Waals surface area (Å²) in [6.07, 6.45) is 2.02. The predicted octanol–water partition coefficient (Wildman–Crippen LogP) is -2.47. The van der Waals surface area contributed by atoms with E-state index in [9.17, 15) is 0 Å². The molecule has 0 amide bonds. The van der Waals surface area contributed by atoms with Crippen LogP contribution in [-0.2, 0) is 6.54 Å². The molecule has 0 heterocycles. The lowest BCUT2D eigenvalue weighted by atomic mass is 10.2. The van der Waals surface area contributed by atoms with Gasteiger partial charge in [-0.15, -0.1) is 0 Å². The van der Waals surface area contributed by atoms with E-state index >= 15 is 0 Å². The largest absolute Gasteiger partial charge is 1.00 e. The van der Waals surface area contributed by atoms with Gasteiger partial charge < -0.3 is 22.8 Å². The van der Waals surface area contributed by atoms with Gasteiger partial charge in [0.2, 0.25) is 0 Å². The van der Waals surface area contributed by atoms with E-state index in [1.807, 2.05) is 6.07 Å². The smallest absolute Gasteiger partial charge is 0.101 e. The van der Waals surface area contributed by atoms with Gasteiger partial charge in [0.25, 0.3) is 0 Å². The third kappa shape index (κ3) is 5.97. The van der Waals surface area contributed by atoms with Crippen molar-refractivity contribution in [2.75, 3.05) is 13.2 Å². The van der Waals surface area contributed by atoms with Crippen molar-refractivity contribution in [3.05, 3.63) is 35.9 Å². The molecule has 0 aliphatic heterocycles. The standard InChI is InChI=1S/C11H17NO.ClH/c13-9-5-4-8-12-10-11-6-2-1-3-7-11;/h1-3,6-7,12-13H,4-5,8-10H2;1H. The molecule has 3 N–H and O–H groups in total. The number of hydrogen-bond donors (Lipinski definition) is 2. The van der Waals surface area contributed by atoms with Gasteiger partial charge in [0.05, 0.1) is 6.54 Å². The van der Waals surface area contributed by atoms with Gasteiger partial charge in [0.1, 0.15) is 6.54 Å². The maximum Gasteiger partial charge on any atom is 0.101 e. The Labute approximate surface area is 91.8 Å². The quantitative estimate of drug-likeness (QED) is 0.507. The van der Waals surface area contributed by atoms with E-state index in [0.717, 1.165) is 25.9 Å². The number of benzene rings is 1. The first-order chi connectivity index (χ1) is 6.43. The molecule has 0 saturated heterocycles. The summed E-state index contributed by atoms with van der Waals surface area (Å²) in [7, 11) is 0. The first kappa shape index (κ1) is 13.4. The zero-order chi connectivity index (χ0) is 9.36. The van der Waals surface area contributed by atoms with Gasteiger partial charge in [0.15, 0.2) is 0 Å². The molecule has 1 aromatic carbocycles. The van der Waals surface area contributed by atoms with Crippen LogP contribution in [0.15, 0.2) is 30.3 Å². The Balaban J connectivity index is 0.00000169. The molecule has 0 aliphatic carbocycles. The highest BCUT2D eigenvalue weighted by molar-refractivity contribution is 5.12. The zero-order valence-corrected chi connectivity index (χ0v) is 9.08. The molecule has 0 unspecified atom stereocenters. The van der Waals surface area contributed by atoms with Crippen LogP contribution in [0, 0.1) is 0 Å². The van der Waals surface area contributed by atoms with E-state index < -0.39 is 0 Å². The van der Waals surface area contributed by atoms with Crippen LogP contribution in [0.25, 0.3) is 0 Å². The Morgan fingerprint density at radius 3 is 2.43 bits per heavy atom. The van der Waals surface area contributed by atoms with E-state index in [-0.39, 0.29) is 12.4 Å². The molecule has 0 aromatic heterocycles. The minimum atomic E-state index is 0. The minimum absolute atomic E-state index is 0. The Hall–Kier alpha value is -0.570. The summed E-state index contributed by atoms with van der Waals surface area (Å²) in [6, 6.07) is 10.5. The highest BCUT2D eigenvalue weighted by atomic mass is 35.5. The molecule has 0 radical (unpaired) electrons. The van der Waals surface area contributed by atoms with E-state index in [1.54, 1.807) is 0 Å². The number of unbranched alkanes of at least 4 members (excludes halogenated alkanes) is 1. The third-order valence-electron chi connectivity index (χ3n) is 2.04. The fraction of sp³-hybridized carbons (Fsp3) is 0.455. The molecule has 1 rings (SSSR count). The summed E-state index contributed by atoms with van der Waals surface area (Å²) in [6.45, 7) is 2.47. The summed E-state index contributed by atoms with van der Waals surface area (Å²) >= 11 is 0. The van der Waals surface area contributed by atoms with Crippen LogP contribution in [0.4, 0.5) is 0 Å². The molecular weight excluding hydrogens is 198 g/mol. The molecule has 0 saturated carbocycles. The van der Waals surface area contributed by atoms with Gasteiger partial charge in [-0.05, 0) is 12.8 Å². The van der Waals surface area contributed by atoms with Gasteiger partial charge in [0, 0.05) is 12.2 Å². The second-order valence-electron chi connectivity index (χ2n) is 3.20. The molecular formula is C11H18ClNO. The second-order valence-corrected chi connectivity index (χ2v) is 3.20. The summed E-state index contributed by atoms with van der Waals surface area (Å²) in [4.78, 5) is 0. The lowest BCUT2D eigenvalue weighted by molar-refractivity contribution is -0.671. The molecule has 0 atom stereocenters. The van der Waals surface area contributed by atoms with Gasteiger partial charge >= 0.3 is 0 Å². The third-order valence-corrected chi connectivity index (χ3v) is 2.04. The second kappa shape index (κ2) is 9.00. The number of rotatable bonds is 6. The summed E-state index contributed by atoms with van der Waals surface area (Å²) in [5.41, 5.74) is 1.37. The van der Waals surface area contributed by atoms with Crippen molar-refractivity contribution in [2.45, 2.75) is 19.4 Å². The van der Waals surface area contributed by atoms with Crippen molar-refractivity contribution in [3.8, 4) is 0 Å². The molecule has 0 fully saturated rings. The Bertz CT molecular complexity index is 216. The van der Waals surface area contributed by atoms with Crippen LogP contribution in [0.5, 0.6) is 0 Å². The van der Waals surface area contributed by atoms with Crippen molar-refractivity contribution in [3.63, 3.8) is 0 Å². The summed E-state index contributed by atoms with van der Waals surface area (Å²) < 4.78 is 0. The average Bonchev–Trinajstić information content (AvgIpc) is 2.19. The van der Waals surface area contributed by atoms with Crippen LogP contribution in [0.3, 0.4) is 0 Å². The van der Waals surface area contributed by atoms with Crippen LogP contribution in [0.1, 0.15) is 18.4 Å². The van der Waals surface area contributed by atoms with Crippen molar-refractivity contribution in [1.29, 1.82) is 0 Å². The SMILES string of the molecule is OCCCC[NH2+]Cc1ccccc1.[Cl-]. The Morgan fingerprint density at radius 2 is 1.79 bits per heavy atom. The molecule has 0 spiro atoms. The maximum absolute atomic E-state index is 8.57. The Morgan fingerprint density at radius 1 is 1.07 bits per heavy atom. The van der Waals surface area contributed by atoms with Crippen LogP contribution < -0.4 is 17.7 Å². The summed E-state index contributed by atoms with van der Waals surface area (Å²) in [5.74, 6) is 0. The van der Waals surface area contributed by atoms with Crippen molar-refractivity contribution < 1.29 is 22.8 Å². The highest BCUT2D eigenvalue weighted by Crippen LogP contribution is 1.94. The molecule has 3 heteroatoms. The lowest BCUT2D eigenvalue weighted by Gasteiger charge is -2.00. The van der Waals surface area contributed by atoms with Crippen LogP contribution >= 0.6 is 0 Å². The van der Waals surface area contributed by atoms with Gasteiger partial charge in [-0.25, -0.2) is 0 Å². The molecule has 1 aromatic rings. The fourth-order valence-electron chi connectivity index (χ4n) is 1.28. The number of aliphatic hydroxyl groups excluding tert-OH is 1. The average molecular weight is 216 g/mol. The van der Waals surface area contributed by atoms with Crippen molar-refractivity contribution in [2.24, 2.45) is 0 Å². The Kier molecular flexibility index (Phi) is 8.64. The van der Waals surface area contributed by atoms with Crippen molar-refractivity contribution in [1.82, 2.24) is 0 Å². The van der Waals surface area contributed by atoms with Crippen molar-refractivity contribution >= 4 is 0 Å².